The third kappa shape index (κ3) is 4.01. The Labute approximate surface area is 146 Å². The molecule has 0 atom stereocenters. The van der Waals surface area contributed by atoms with E-state index in [2.05, 4.69) is 10.2 Å². The van der Waals surface area contributed by atoms with Crippen molar-refractivity contribution < 1.29 is 9.21 Å². The summed E-state index contributed by atoms with van der Waals surface area (Å²) in [6.45, 7) is 4.55. The molecule has 0 aliphatic carbocycles. The van der Waals surface area contributed by atoms with Crippen molar-refractivity contribution in [2.75, 3.05) is 18.8 Å². The highest BCUT2D eigenvalue weighted by Crippen LogP contribution is 2.24. The predicted octanol–water partition coefficient (Wildman–Crippen LogP) is 3.44. The average molecular weight is 348 g/mol. The van der Waals surface area contributed by atoms with Gasteiger partial charge in [-0.25, -0.2) is 0 Å². The number of amides is 1. The fourth-order valence-electron chi connectivity index (χ4n) is 2.98. The zero-order chi connectivity index (χ0) is 16.8. The first kappa shape index (κ1) is 17.1. The molecule has 24 heavy (non-hydrogen) atoms. The minimum absolute atomic E-state index is 0.201. The van der Waals surface area contributed by atoms with Crippen molar-refractivity contribution >= 4 is 17.7 Å². The standard InChI is InChI=1S/C17H24N4O2S/c1-2-21-16(14-9-8-12-23-14)18-19-17(21)24-13-15(22)20-10-6-4-3-5-7-11-20/h8-9,12H,2-7,10-11,13H2,1H3. The van der Waals surface area contributed by atoms with E-state index in [1.165, 1.54) is 31.0 Å². The lowest BCUT2D eigenvalue weighted by atomic mass is 10.1. The van der Waals surface area contributed by atoms with Crippen LogP contribution in [0.15, 0.2) is 28.0 Å². The van der Waals surface area contributed by atoms with Crippen molar-refractivity contribution in [3.63, 3.8) is 0 Å². The molecule has 0 aromatic carbocycles. The third-order valence-electron chi connectivity index (χ3n) is 4.31. The van der Waals surface area contributed by atoms with Gasteiger partial charge < -0.3 is 9.32 Å². The molecule has 1 aliphatic heterocycles. The second-order valence-electron chi connectivity index (χ2n) is 5.96. The average Bonchev–Trinajstić information content (AvgIpc) is 3.21. The Hall–Kier alpha value is -1.76. The first-order valence-corrected chi connectivity index (χ1v) is 9.66. The number of aromatic nitrogens is 3. The Morgan fingerprint density at radius 3 is 2.62 bits per heavy atom. The summed E-state index contributed by atoms with van der Waals surface area (Å²) in [5, 5.41) is 9.23. The molecule has 1 aliphatic rings. The molecule has 6 nitrogen and oxygen atoms in total. The molecule has 3 heterocycles. The van der Waals surface area contributed by atoms with Gasteiger partial charge in [-0.05, 0) is 31.9 Å². The van der Waals surface area contributed by atoms with Gasteiger partial charge in [0.1, 0.15) is 0 Å². The number of nitrogens with zero attached hydrogens (tertiary/aromatic N) is 4. The molecule has 130 valence electrons. The number of carbonyl (C=O) groups excluding carboxylic acids is 1. The summed E-state index contributed by atoms with van der Waals surface area (Å²) in [5.74, 6) is 2.03. The Morgan fingerprint density at radius 1 is 1.21 bits per heavy atom. The van der Waals surface area contributed by atoms with E-state index in [9.17, 15) is 4.79 Å². The fourth-order valence-corrected chi connectivity index (χ4v) is 3.89. The van der Waals surface area contributed by atoms with Gasteiger partial charge in [0, 0.05) is 19.6 Å². The van der Waals surface area contributed by atoms with Crippen molar-refractivity contribution in [3.8, 4) is 11.6 Å². The van der Waals surface area contributed by atoms with E-state index in [0.29, 0.717) is 17.3 Å². The summed E-state index contributed by atoms with van der Waals surface area (Å²) >= 11 is 1.46. The van der Waals surface area contributed by atoms with Crippen LogP contribution in [0.2, 0.25) is 0 Å². The second kappa shape index (κ2) is 8.37. The van der Waals surface area contributed by atoms with Crippen LogP contribution in [0.3, 0.4) is 0 Å². The first-order chi connectivity index (χ1) is 11.8. The molecular formula is C17H24N4O2S. The monoisotopic (exact) mass is 348 g/mol. The van der Waals surface area contributed by atoms with E-state index in [0.717, 1.165) is 37.6 Å². The van der Waals surface area contributed by atoms with E-state index in [1.54, 1.807) is 6.26 Å². The van der Waals surface area contributed by atoms with Crippen LogP contribution in [0.25, 0.3) is 11.6 Å². The quantitative estimate of drug-likeness (QED) is 0.775. The summed E-state index contributed by atoms with van der Waals surface area (Å²) in [5.41, 5.74) is 0. The maximum absolute atomic E-state index is 12.5. The van der Waals surface area contributed by atoms with Gasteiger partial charge in [-0.1, -0.05) is 31.0 Å². The van der Waals surface area contributed by atoms with E-state index in [-0.39, 0.29) is 5.91 Å². The van der Waals surface area contributed by atoms with Crippen LogP contribution in [0.4, 0.5) is 0 Å². The van der Waals surface area contributed by atoms with Crippen LogP contribution in [0.1, 0.15) is 39.0 Å². The Kier molecular flexibility index (Phi) is 5.96. The molecule has 2 aromatic rings. The summed E-state index contributed by atoms with van der Waals surface area (Å²) in [4.78, 5) is 14.5. The first-order valence-electron chi connectivity index (χ1n) is 8.67. The largest absolute Gasteiger partial charge is 0.461 e. The third-order valence-corrected chi connectivity index (χ3v) is 5.26. The maximum Gasteiger partial charge on any atom is 0.233 e. The molecular weight excluding hydrogens is 324 g/mol. The van der Waals surface area contributed by atoms with Crippen LogP contribution in [-0.4, -0.2) is 44.4 Å². The second-order valence-corrected chi connectivity index (χ2v) is 6.91. The van der Waals surface area contributed by atoms with Crippen molar-refractivity contribution in [1.29, 1.82) is 0 Å². The zero-order valence-electron chi connectivity index (χ0n) is 14.1. The van der Waals surface area contributed by atoms with Gasteiger partial charge in [-0.15, -0.1) is 10.2 Å². The van der Waals surface area contributed by atoms with E-state index in [1.807, 2.05) is 28.5 Å². The zero-order valence-corrected chi connectivity index (χ0v) is 14.9. The van der Waals surface area contributed by atoms with Gasteiger partial charge in [-0.2, -0.15) is 0 Å². The van der Waals surface area contributed by atoms with Crippen molar-refractivity contribution in [2.24, 2.45) is 0 Å². The lowest BCUT2D eigenvalue weighted by Crippen LogP contribution is -2.35. The molecule has 1 fully saturated rings. The Bertz CT molecular complexity index is 646. The van der Waals surface area contributed by atoms with Crippen LogP contribution in [0, 0.1) is 0 Å². The van der Waals surface area contributed by atoms with Crippen LogP contribution in [0.5, 0.6) is 0 Å². The molecule has 1 amide bonds. The highest BCUT2D eigenvalue weighted by atomic mass is 32.2. The SMILES string of the molecule is CCn1c(SCC(=O)N2CCCCCCC2)nnc1-c1ccco1. The number of hydrogen-bond acceptors (Lipinski definition) is 5. The van der Waals surface area contributed by atoms with Gasteiger partial charge in [-0.3, -0.25) is 9.36 Å². The Morgan fingerprint density at radius 2 is 1.96 bits per heavy atom. The lowest BCUT2D eigenvalue weighted by molar-refractivity contribution is -0.128. The number of likely N-dealkylation sites (tertiary alicyclic amines) is 1. The van der Waals surface area contributed by atoms with Crippen molar-refractivity contribution in [3.05, 3.63) is 18.4 Å². The number of hydrogen-bond donors (Lipinski definition) is 0. The van der Waals surface area contributed by atoms with Gasteiger partial charge in [0.25, 0.3) is 0 Å². The lowest BCUT2D eigenvalue weighted by Gasteiger charge is -2.24. The van der Waals surface area contributed by atoms with E-state index in [4.69, 9.17) is 4.42 Å². The molecule has 3 rings (SSSR count). The molecule has 0 radical (unpaired) electrons. The number of furan rings is 1. The highest BCUT2D eigenvalue weighted by Gasteiger charge is 2.19. The minimum Gasteiger partial charge on any atom is -0.461 e. The van der Waals surface area contributed by atoms with E-state index >= 15 is 0 Å². The summed E-state index contributed by atoms with van der Waals surface area (Å²) in [6, 6.07) is 3.71. The molecule has 7 heteroatoms. The highest BCUT2D eigenvalue weighted by molar-refractivity contribution is 7.99. The van der Waals surface area contributed by atoms with Gasteiger partial charge in [0.15, 0.2) is 16.7 Å². The van der Waals surface area contributed by atoms with Gasteiger partial charge >= 0.3 is 0 Å². The Balaban J connectivity index is 1.62. The van der Waals surface area contributed by atoms with Gasteiger partial charge in [0.05, 0.1) is 12.0 Å². The van der Waals surface area contributed by atoms with Crippen molar-refractivity contribution in [1.82, 2.24) is 19.7 Å². The fraction of sp³-hybridized carbons (Fsp3) is 0.588. The summed E-state index contributed by atoms with van der Waals surface area (Å²) in [7, 11) is 0. The smallest absolute Gasteiger partial charge is 0.233 e. The number of carbonyl (C=O) groups is 1. The van der Waals surface area contributed by atoms with Gasteiger partial charge in [0.2, 0.25) is 5.91 Å². The maximum atomic E-state index is 12.5. The van der Waals surface area contributed by atoms with Crippen molar-refractivity contribution in [2.45, 2.75) is 50.7 Å². The normalized spacial score (nSPS) is 16.0. The molecule has 2 aromatic heterocycles. The van der Waals surface area contributed by atoms with Crippen LogP contribution >= 0.6 is 11.8 Å². The number of rotatable bonds is 5. The molecule has 0 spiro atoms. The molecule has 0 N–H and O–H groups in total. The molecule has 0 unspecified atom stereocenters. The summed E-state index contributed by atoms with van der Waals surface area (Å²) < 4.78 is 7.40. The summed E-state index contributed by atoms with van der Waals surface area (Å²) in [6.07, 6.45) is 7.61. The van der Waals surface area contributed by atoms with Crippen LogP contribution < -0.4 is 0 Å². The predicted molar refractivity (Wildman–Crippen MR) is 93.8 cm³/mol. The molecule has 0 saturated carbocycles. The van der Waals surface area contributed by atoms with Crippen LogP contribution in [-0.2, 0) is 11.3 Å². The topological polar surface area (TPSA) is 64.2 Å². The molecule has 1 saturated heterocycles. The molecule has 0 bridgehead atoms. The minimum atomic E-state index is 0.201. The number of thioether (sulfide) groups is 1. The van der Waals surface area contributed by atoms with E-state index < -0.39 is 0 Å².